The summed E-state index contributed by atoms with van der Waals surface area (Å²) in [4.78, 5) is 0. The van der Waals surface area contributed by atoms with E-state index in [1.165, 1.54) is 0 Å². The van der Waals surface area contributed by atoms with Gasteiger partial charge in [-0.05, 0) is 60.2 Å². The van der Waals surface area contributed by atoms with E-state index < -0.39 is 0 Å². The summed E-state index contributed by atoms with van der Waals surface area (Å²) in [5.74, 6) is 0. The zero-order valence-electron chi connectivity index (χ0n) is 10.6. The first-order chi connectivity index (χ1) is 8.91. The lowest BCUT2D eigenvalue weighted by Crippen LogP contribution is -2.20. The fourth-order valence-corrected chi connectivity index (χ4v) is 3.05. The molecule has 0 fully saturated rings. The lowest BCUT2D eigenvalue weighted by Gasteiger charge is -2.19. The Morgan fingerprint density at radius 3 is 2.63 bits per heavy atom. The Hall–Kier alpha value is -0.300. The summed E-state index contributed by atoms with van der Waals surface area (Å²) in [6.07, 6.45) is 1.63. The molecule has 0 saturated heterocycles. The van der Waals surface area contributed by atoms with E-state index in [2.05, 4.69) is 27.7 Å². The van der Waals surface area contributed by atoms with E-state index >= 15 is 0 Å². The van der Waals surface area contributed by atoms with Crippen LogP contribution in [0.2, 0.25) is 10.0 Å². The van der Waals surface area contributed by atoms with E-state index in [9.17, 15) is 0 Å². The molecule has 6 heteroatoms. The molecule has 2 N–H and O–H groups in total. The monoisotopic (exact) mass is 409 g/mol. The van der Waals surface area contributed by atoms with Crippen molar-refractivity contribution < 1.29 is 0 Å². The molecule has 1 atom stereocenters. The fraction of sp³-hybridized carbons (Fsp3) is 0.308. The molecule has 1 unspecified atom stereocenters. The predicted octanol–water partition coefficient (Wildman–Crippen LogP) is 4.42. The first kappa shape index (κ1) is 15.1. The summed E-state index contributed by atoms with van der Waals surface area (Å²) in [6, 6.07) is 5.53. The minimum Gasteiger partial charge on any atom is -0.319 e. The van der Waals surface area contributed by atoms with E-state index in [1.54, 1.807) is 6.20 Å². The Bertz CT molecular complexity index is 596. The standard InChI is InChI=1S/C13H14Cl2IN3/c1-7(2)19-13(10(15)6-18-19)12(17)9-5-8(14)3-4-11(9)16/h3-7,12H,17H2,1-2H3. The number of rotatable bonds is 3. The van der Waals surface area contributed by atoms with Gasteiger partial charge in [-0.3, -0.25) is 4.68 Å². The number of aromatic nitrogens is 2. The Kier molecular flexibility index (Phi) is 4.76. The van der Waals surface area contributed by atoms with Gasteiger partial charge in [-0.2, -0.15) is 5.10 Å². The molecule has 0 aliphatic rings. The summed E-state index contributed by atoms with van der Waals surface area (Å²) >= 11 is 14.5. The van der Waals surface area contributed by atoms with Gasteiger partial charge in [0.2, 0.25) is 0 Å². The van der Waals surface area contributed by atoms with Crippen LogP contribution in [0.1, 0.15) is 37.2 Å². The number of nitrogens with two attached hydrogens (primary N) is 1. The van der Waals surface area contributed by atoms with Crippen molar-refractivity contribution in [2.75, 3.05) is 0 Å². The van der Waals surface area contributed by atoms with Crippen LogP contribution in [0, 0.1) is 3.57 Å². The molecular weight excluding hydrogens is 396 g/mol. The number of benzene rings is 1. The highest BCUT2D eigenvalue weighted by molar-refractivity contribution is 14.1. The van der Waals surface area contributed by atoms with Crippen LogP contribution in [-0.4, -0.2) is 9.78 Å². The largest absolute Gasteiger partial charge is 0.319 e. The Morgan fingerprint density at radius 1 is 1.32 bits per heavy atom. The van der Waals surface area contributed by atoms with E-state index in [1.807, 2.05) is 36.7 Å². The Labute approximate surface area is 136 Å². The van der Waals surface area contributed by atoms with E-state index in [-0.39, 0.29) is 12.1 Å². The topological polar surface area (TPSA) is 43.8 Å². The molecule has 1 heterocycles. The second kappa shape index (κ2) is 5.99. The third-order valence-corrected chi connectivity index (χ3v) is 4.37. The first-order valence-corrected chi connectivity index (χ1v) is 7.68. The first-order valence-electron chi connectivity index (χ1n) is 5.85. The third-order valence-electron chi connectivity index (χ3n) is 2.86. The molecule has 19 heavy (non-hydrogen) atoms. The highest BCUT2D eigenvalue weighted by atomic mass is 127. The van der Waals surface area contributed by atoms with Crippen molar-refractivity contribution in [1.29, 1.82) is 0 Å². The van der Waals surface area contributed by atoms with Gasteiger partial charge >= 0.3 is 0 Å². The summed E-state index contributed by atoms with van der Waals surface area (Å²) in [5.41, 5.74) is 8.13. The molecule has 0 radical (unpaired) electrons. The lowest BCUT2D eigenvalue weighted by molar-refractivity contribution is 0.499. The van der Waals surface area contributed by atoms with Gasteiger partial charge in [0, 0.05) is 14.6 Å². The van der Waals surface area contributed by atoms with Crippen LogP contribution in [0.5, 0.6) is 0 Å². The highest BCUT2D eigenvalue weighted by Crippen LogP contribution is 2.32. The summed E-state index contributed by atoms with van der Waals surface area (Å²) in [6.45, 7) is 4.09. The average Bonchev–Trinajstić information content (AvgIpc) is 2.73. The number of halogens is 3. The number of nitrogens with zero attached hydrogens (tertiary/aromatic N) is 2. The zero-order chi connectivity index (χ0) is 14.2. The van der Waals surface area contributed by atoms with Gasteiger partial charge in [-0.25, -0.2) is 0 Å². The van der Waals surface area contributed by atoms with Crippen molar-refractivity contribution in [1.82, 2.24) is 9.78 Å². The molecule has 1 aromatic carbocycles. The average molecular weight is 410 g/mol. The van der Waals surface area contributed by atoms with Crippen LogP contribution in [0.3, 0.4) is 0 Å². The van der Waals surface area contributed by atoms with Gasteiger partial charge in [0.15, 0.2) is 0 Å². The SMILES string of the molecule is CC(C)n1ncc(Cl)c1C(N)c1cc(Cl)ccc1I. The Balaban J connectivity index is 2.52. The molecular formula is C13H14Cl2IN3. The van der Waals surface area contributed by atoms with Gasteiger partial charge in [0.1, 0.15) is 0 Å². The lowest BCUT2D eigenvalue weighted by atomic mass is 10.0. The molecule has 0 spiro atoms. The molecule has 0 aliphatic carbocycles. The van der Waals surface area contributed by atoms with Crippen LogP contribution in [0.15, 0.2) is 24.4 Å². The van der Waals surface area contributed by atoms with E-state index in [0.29, 0.717) is 10.0 Å². The predicted molar refractivity (Wildman–Crippen MR) is 87.8 cm³/mol. The maximum atomic E-state index is 6.36. The molecule has 102 valence electrons. The molecule has 0 aliphatic heterocycles. The molecule has 3 nitrogen and oxygen atoms in total. The molecule has 0 amide bonds. The number of hydrogen-bond acceptors (Lipinski definition) is 2. The van der Waals surface area contributed by atoms with E-state index in [4.69, 9.17) is 28.9 Å². The van der Waals surface area contributed by atoms with Crippen LogP contribution in [0.25, 0.3) is 0 Å². The summed E-state index contributed by atoms with van der Waals surface area (Å²) in [7, 11) is 0. The maximum Gasteiger partial charge on any atom is 0.0837 e. The van der Waals surface area contributed by atoms with Gasteiger partial charge in [-0.1, -0.05) is 23.2 Å². The van der Waals surface area contributed by atoms with Crippen molar-refractivity contribution >= 4 is 45.8 Å². The molecule has 2 aromatic rings. The van der Waals surface area contributed by atoms with Crippen LogP contribution >= 0.6 is 45.8 Å². The van der Waals surface area contributed by atoms with Crippen LogP contribution in [0.4, 0.5) is 0 Å². The summed E-state index contributed by atoms with van der Waals surface area (Å²) < 4.78 is 2.91. The van der Waals surface area contributed by atoms with Crippen molar-refractivity contribution in [2.24, 2.45) is 5.73 Å². The molecule has 0 saturated carbocycles. The minimum atomic E-state index is -0.344. The van der Waals surface area contributed by atoms with Gasteiger partial charge < -0.3 is 5.73 Å². The quantitative estimate of drug-likeness (QED) is 0.762. The van der Waals surface area contributed by atoms with Crippen molar-refractivity contribution in [3.8, 4) is 0 Å². The Morgan fingerprint density at radius 2 is 2.00 bits per heavy atom. The van der Waals surface area contributed by atoms with Gasteiger partial charge in [0.25, 0.3) is 0 Å². The maximum absolute atomic E-state index is 6.36. The molecule has 0 bridgehead atoms. The minimum absolute atomic E-state index is 0.199. The van der Waals surface area contributed by atoms with Crippen LogP contribution < -0.4 is 5.73 Å². The fourth-order valence-electron chi connectivity index (χ4n) is 1.95. The van der Waals surface area contributed by atoms with Gasteiger partial charge in [-0.15, -0.1) is 0 Å². The molecule has 2 rings (SSSR count). The van der Waals surface area contributed by atoms with Crippen molar-refractivity contribution in [3.05, 3.63) is 49.3 Å². The second-order valence-corrected chi connectivity index (χ2v) is 6.57. The normalized spacial score (nSPS) is 13.0. The zero-order valence-corrected chi connectivity index (χ0v) is 14.2. The highest BCUT2D eigenvalue weighted by Gasteiger charge is 2.21. The summed E-state index contributed by atoms with van der Waals surface area (Å²) in [5, 5.41) is 5.53. The van der Waals surface area contributed by atoms with Gasteiger partial charge in [0.05, 0.1) is 23.0 Å². The number of hydrogen-bond donors (Lipinski definition) is 1. The van der Waals surface area contributed by atoms with Crippen molar-refractivity contribution in [2.45, 2.75) is 25.9 Å². The third kappa shape index (κ3) is 3.07. The van der Waals surface area contributed by atoms with E-state index in [0.717, 1.165) is 14.8 Å². The molecule has 1 aromatic heterocycles. The second-order valence-electron chi connectivity index (χ2n) is 4.56. The van der Waals surface area contributed by atoms with Crippen LogP contribution in [-0.2, 0) is 0 Å². The van der Waals surface area contributed by atoms with Crippen molar-refractivity contribution in [3.63, 3.8) is 0 Å². The smallest absolute Gasteiger partial charge is 0.0837 e.